The van der Waals surface area contributed by atoms with Crippen LogP contribution in [-0.2, 0) is 16.0 Å². The first-order valence-electron chi connectivity index (χ1n) is 10.1. The number of benzene rings is 1. The van der Waals surface area contributed by atoms with E-state index in [0.29, 0.717) is 33.5 Å². The highest BCUT2D eigenvalue weighted by Gasteiger charge is 2.24. The predicted molar refractivity (Wildman–Crippen MR) is 121 cm³/mol. The molecule has 3 aromatic rings. The second-order valence-electron chi connectivity index (χ2n) is 7.71. The normalized spacial score (nSPS) is 16.1. The van der Waals surface area contributed by atoms with Crippen LogP contribution in [0.4, 0.5) is 5.69 Å². The van der Waals surface area contributed by atoms with Gasteiger partial charge in [0, 0.05) is 30.1 Å². The second kappa shape index (κ2) is 9.13. The number of anilines is 1. The zero-order valence-electron chi connectivity index (χ0n) is 17.8. The number of methoxy groups -OCH3 is 1. The molecule has 0 spiro atoms. The van der Waals surface area contributed by atoms with E-state index < -0.39 is 5.97 Å². The van der Waals surface area contributed by atoms with Crippen molar-refractivity contribution in [3.8, 4) is 0 Å². The molecule has 162 valence electrons. The number of amides is 1. The van der Waals surface area contributed by atoms with Crippen LogP contribution in [-0.4, -0.2) is 55.2 Å². The number of carbonyl (C=O) groups is 2. The first-order valence-corrected chi connectivity index (χ1v) is 10.9. The summed E-state index contributed by atoms with van der Waals surface area (Å²) in [5.74, 6) is -0.775. The Hall–Kier alpha value is -2.81. The van der Waals surface area contributed by atoms with E-state index in [-0.39, 0.29) is 5.91 Å². The molecule has 7 nitrogen and oxygen atoms in total. The molecule has 1 aromatic carbocycles. The van der Waals surface area contributed by atoms with Gasteiger partial charge in [-0.3, -0.25) is 9.69 Å². The van der Waals surface area contributed by atoms with E-state index in [1.807, 2.05) is 31.2 Å². The summed E-state index contributed by atoms with van der Waals surface area (Å²) < 4.78 is 10.4. The van der Waals surface area contributed by atoms with Crippen LogP contribution in [0.25, 0.3) is 10.2 Å². The Balaban J connectivity index is 1.64. The minimum absolute atomic E-state index is 0.279. The molecule has 2 aromatic heterocycles. The van der Waals surface area contributed by atoms with Gasteiger partial charge in [-0.2, -0.15) is 0 Å². The second-order valence-corrected chi connectivity index (χ2v) is 8.71. The maximum absolute atomic E-state index is 12.8. The molecule has 4 rings (SSSR count). The monoisotopic (exact) mass is 439 g/mol. The predicted octanol–water partition coefficient (Wildman–Crippen LogP) is 3.86. The van der Waals surface area contributed by atoms with E-state index >= 15 is 0 Å². The van der Waals surface area contributed by atoms with Gasteiger partial charge < -0.3 is 14.8 Å². The van der Waals surface area contributed by atoms with Crippen LogP contribution in [0.1, 0.15) is 37.7 Å². The van der Waals surface area contributed by atoms with E-state index in [2.05, 4.69) is 17.3 Å². The molecule has 1 N–H and O–H groups in total. The summed E-state index contributed by atoms with van der Waals surface area (Å²) in [7, 11) is 3.39. The van der Waals surface area contributed by atoms with Gasteiger partial charge in [0.15, 0.2) is 0 Å². The summed E-state index contributed by atoms with van der Waals surface area (Å²) in [6.07, 6.45) is 1.01. The molecule has 0 radical (unpaired) electrons. The third-order valence-corrected chi connectivity index (χ3v) is 6.52. The van der Waals surface area contributed by atoms with E-state index in [1.165, 1.54) is 18.4 Å². The minimum atomic E-state index is -0.496. The zero-order valence-corrected chi connectivity index (χ0v) is 18.6. The van der Waals surface area contributed by atoms with Gasteiger partial charge in [0.05, 0.1) is 25.1 Å². The first-order chi connectivity index (χ1) is 15.0. The third-order valence-electron chi connectivity index (χ3n) is 5.44. The average Bonchev–Trinajstić information content (AvgIpc) is 3.42. The largest absolute Gasteiger partial charge is 0.465 e. The van der Waals surface area contributed by atoms with Crippen LogP contribution in [0.2, 0.25) is 0 Å². The maximum atomic E-state index is 12.8. The van der Waals surface area contributed by atoms with Crippen molar-refractivity contribution in [3.63, 3.8) is 0 Å². The Bertz CT molecular complexity index is 1120. The molecule has 1 saturated heterocycles. The Labute approximate surface area is 185 Å². The lowest BCUT2D eigenvalue weighted by Crippen LogP contribution is -2.31. The number of rotatable bonds is 6. The van der Waals surface area contributed by atoms with Crippen molar-refractivity contribution in [1.29, 1.82) is 0 Å². The summed E-state index contributed by atoms with van der Waals surface area (Å²) in [6.45, 7) is 4.13. The molecule has 3 heterocycles. The summed E-state index contributed by atoms with van der Waals surface area (Å²) in [6, 6.07) is 11.5. The zero-order chi connectivity index (χ0) is 22.0. The SMILES string of the molecule is COC(=O)c1sc2nc(CN(C)C3CCOC3)ccc2c1NC(=O)c1cccc(C)c1. The number of pyridine rings is 1. The lowest BCUT2D eigenvalue weighted by atomic mass is 10.1. The van der Waals surface area contributed by atoms with Gasteiger partial charge >= 0.3 is 5.97 Å². The number of fused-ring (bicyclic) bond motifs is 1. The van der Waals surface area contributed by atoms with E-state index in [4.69, 9.17) is 14.5 Å². The van der Waals surface area contributed by atoms with Gasteiger partial charge in [0.25, 0.3) is 5.91 Å². The lowest BCUT2D eigenvalue weighted by molar-refractivity contribution is 0.0607. The number of nitrogens with one attached hydrogen (secondary N) is 1. The van der Waals surface area contributed by atoms with Crippen molar-refractivity contribution >= 4 is 39.1 Å². The van der Waals surface area contributed by atoms with E-state index in [9.17, 15) is 9.59 Å². The number of ether oxygens (including phenoxy) is 2. The maximum Gasteiger partial charge on any atom is 0.350 e. The number of nitrogens with zero attached hydrogens (tertiary/aromatic N) is 2. The molecular weight excluding hydrogens is 414 g/mol. The highest BCUT2D eigenvalue weighted by atomic mass is 32.1. The van der Waals surface area contributed by atoms with Crippen LogP contribution in [0, 0.1) is 6.92 Å². The highest BCUT2D eigenvalue weighted by Crippen LogP contribution is 2.36. The van der Waals surface area contributed by atoms with Crippen molar-refractivity contribution in [3.05, 3.63) is 58.1 Å². The van der Waals surface area contributed by atoms with Crippen LogP contribution < -0.4 is 5.32 Å². The Morgan fingerprint density at radius 3 is 2.87 bits per heavy atom. The van der Waals surface area contributed by atoms with Gasteiger partial charge in [0.1, 0.15) is 9.71 Å². The minimum Gasteiger partial charge on any atom is -0.465 e. The molecule has 8 heteroatoms. The number of hydrogen-bond acceptors (Lipinski definition) is 7. The summed E-state index contributed by atoms with van der Waals surface area (Å²) in [5, 5.41) is 3.63. The van der Waals surface area contributed by atoms with Crippen LogP contribution in [0.5, 0.6) is 0 Å². The van der Waals surface area contributed by atoms with Gasteiger partial charge in [-0.05, 0) is 44.7 Å². The number of likely N-dealkylation sites (N-methyl/N-ethyl adjacent to an activating group) is 1. The van der Waals surface area contributed by atoms with Crippen molar-refractivity contribution in [2.75, 3.05) is 32.7 Å². The smallest absolute Gasteiger partial charge is 0.350 e. The molecule has 1 amide bonds. The standard InChI is InChI=1S/C23H25N3O4S/c1-14-5-4-6-15(11-14)21(27)25-19-18-8-7-16(12-26(2)17-9-10-30-13-17)24-22(18)31-20(19)23(28)29-3/h4-8,11,17H,9-10,12-13H2,1-3H3,(H,25,27). The van der Waals surface area contributed by atoms with Gasteiger partial charge in [-0.1, -0.05) is 17.7 Å². The molecular formula is C23H25N3O4S. The Morgan fingerprint density at radius 1 is 1.32 bits per heavy atom. The van der Waals surface area contributed by atoms with Crippen molar-refractivity contribution < 1.29 is 19.1 Å². The number of carbonyl (C=O) groups excluding carboxylic acids is 2. The number of aryl methyl sites for hydroxylation is 1. The molecule has 0 aliphatic carbocycles. The van der Waals surface area contributed by atoms with Gasteiger partial charge in [0.2, 0.25) is 0 Å². The number of aromatic nitrogens is 1. The number of esters is 1. The highest BCUT2D eigenvalue weighted by molar-refractivity contribution is 7.21. The quantitative estimate of drug-likeness (QED) is 0.588. The van der Waals surface area contributed by atoms with E-state index in [1.54, 1.807) is 12.1 Å². The molecule has 1 aliphatic rings. The average molecular weight is 440 g/mol. The Kier molecular flexibility index (Phi) is 6.31. The number of thiophene rings is 1. The third kappa shape index (κ3) is 4.61. The fourth-order valence-corrected chi connectivity index (χ4v) is 4.76. The fraction of sp³-hybridized carbons (Fsp3) is 0.348. The molecule has 1 fully saturated rings. The van der Waals surface area contributed by atoms with Gasteiger partial charge in [-0.15, -0.1) is 11.3 Å². The van der Waals surface area contributed by atoms with Crippen molar-refractivity contribution in [2.45, 2.75) is 25.9 Å². The lowest BCUT2D eigenvalue weighted by Gasteiger charge is -2.22. The molecule has 1 aliphatic heterocycles. The van der Waals surface area contributed by atoms with Crippen LogP contribution >= 0.6 is 11.3 Å². The van der Waals surface area contributed by atoms with Crippen LogP contribution in [0.15, 0.2) is 36.4 Å². The van der Waals surface area contributed by atoms with Gasteiger partial charge in [-0.25, -0.2) is 9.78 Å². The topological polar surface area (TPSA) is 80.8 Å². The Morgan fingerprint density at radius 2 is 2.16 bits per heavy atom. The van der Waals surface area contributed by atoms with E-state index in [0.717, 1.165) is 36.3 Å². The summed E-state index contributed by atoms with van der Waals surface area (Å²) in [4.78, 5) is 33.2. The summed E-state index contributed by atoms with van der Waals surface area (Å²) in [5.41, 5.74) is 2.85. The van der Waals surface area contributed by atoms with Crippen molar-refractivity contribution in [2.24, 2.45) is 0 Å². The van der Waals surface area contributed by atoms with Crippen LogP contribution in [0.3, 0.4) is 0 Å². The first kappa shape index (κ1) is 21.4. The molecule has 1 atom stereocenters. The molecule has 31 heavy (non-hydrogen) atoms. The fourth-order valence-electron chi connectivity index (χ4n) is 3.69. The molecule has 0 saturated carbocycles. The number of hydrogen-bond donors (Lipinski definition) is 1. The van der Waals surface area contributed by atoms with Crippen molar-refractivity contribution in [1.82, 2.24) is 9.88 Å². The molecule has 1 unspecified atom stereocenters. The molecule has 0 bridgehead atoms. The summed E-state index contributed by atoms with van der Waals surface area (Å²) >= 11 is 1.23.